The molecule has 0 atom stereocenters. The van der Waals surface area contributed by atoms with Crippen molar-refractivity contribution < 1.29 is 13.2 Å². The first kappa shape index (κ1) is 17.6. The molecule has 0 heterocycles. The normalized spacial score (nSPS) is 12.0. The standard InChI is InChI=1S/C17H20ClNO3S/c1-17(2,3)12-5-8-14(9-6-12)23(20,21)19-13-7-10-16(22-4)15(18)11-13/h5-11,19H,1-4H3. The Hall–Kier alpha value is -1.72. The van der Waals surface area contributed by atoms with Crippen molar-refractivity contribution in [3.05, 3.63) is 53.1 Å². The van der Waals surface area contributed by atoms with E-state index in [2.05, 4.69) is 25.5 Å². The van der Waals surface area contributed by atoms with Gasteiger partial charge in [0.05, 0.1) is 22.7 Å². The first-order chi connectivity index (χ1) is 10.6. The number of halogens is 1. The first-order valence-corrected chi connectivity index (χ1v) is 8.96. The van der Waals surface area contributed by atoms with Gasteiger partial charge in [0.25, 0.3) is 10.0 Å². The summed E-state index contributed by atoms with van der Waals surface area (Å²) in [4.78, 5) is 0.206. The maximum absolute atomic E-state index is 12.4. The number of sulfonamides is 1. The lowest BCUT2D eigenvalue weighted by molar-refractivity contribution is 0.415. The molecule has 0 saturated heterocycles. The van der Waals surface area contributed by atoms with E-state index < -0.39 is 10.0 Å². The molecule has 6 heteroatoms. The van der Waals surface area contributed by atoms with E-state index in [9.17, 15) is 8.42 Å². The molecule has 0 aliphatic heterocycles. The van der Waals surface area contributed by atoms with Gasteiger partial charge in [0, 0.05) is 0 Å². The Morgan fingerprint density at radius 1 is 1.04 bits per heavy atom. The summed E-state index contributed by atoms with van der Waals surface area (Å²) in [7, 11) is -2.16. The van der Waals surface area contributed by atoms with Gasteiger partial charge in [0.1, 0.15) is 5.75 Å². The molecule has 0 fully saturated rings. The van der Waals surface area contributed by atoms with Crippen LogP contribution in [0.1, 0.15) is 26.3 Å². The van der Waals surface area contributed by atoms with Gasteiger partial charge in [-0.05, 0) is 41.3 Å². The molecule has 2 rings (SSSR count). The summed E-state index contributed by atoms with van der Waals surface area (Å²) in [6.45, 7) is 6.23. The molecule has 2 aromatic rings. The number of rotatable bonds is 4. The first-order valence-electron chi connectivity index (χ1n) is 7.10. The van der Waals surface area contributed by atoms with Crippen molar-refractivity contribution >= 4 is 27.3 Å². The maximum atomic E-state index is 12.4. The summed E-state index contributed by atoms with van der Waals surface area (Å²) in [6, 6.07) is 11.6. The number of hydrogen-bond donors (Lipinski definition) is 1. The van der Waals surface area contributed by atoms with E-state index in [1.54, 1.807) is 24.3 Å². The number of hydrogen-bond acceptors (Lipinski definition) is 3. The van der Waals surface area contributed by atoms with Crippen LogP contribution in [0.5, 0.6) is 5.75 Å². The zero-order valence-electron chi connectivity index (χ0n) is 13.6. The Morgan fingerprint density at radius 3 is 2.13 bits per heavy atom. The minimum absolute atomic E-state index is 0.0285. The lowest BCUT2D eigenvalue weighted by atomic mass is 9.87. The molecular formula is C17H20ClNO3S. The van der Waals surface area contributed by atoms with Gasteiger partial charge in [-0.25, -0.2) is 8.42 Å². The highest BCUT2D eigenvalue weighted by atomic mass is 35.5. The Kier molecular flexibility index (Phi) is 4.92. The Morgan fingerprint density at radius 2 is 1.65 bits per heavy atom. The predicted octanol–water partition coefficient (Wildman–Crippen LogP) is 4.45. The van der Waals surface area contributed by atoms with Crippen LogP contribution in [-0.2, 0) is 15.4 Å². The SMILES string of the molecule is COc1ccc(NS(=O)(=O)c2ccc(C(C)(C)C)cc2)cc1Cl. The summed E-state index contributed by atoms with van der Waals surface area (Å²) in [5, 5.41) is 0.343. The minimum atomic E-state index is -3.66. The van der Waals surface area contributed by atoms with E-state index in [1.165, 1.54) is 13.2 Å². The van der Waals surface area contributed by atoms with Crippen LogP contribution in [0.4, 0.5) is 5.69 Å². The average Bonchev–Trinajstić information content (AvgIpc) is 2.46. The fraction of sp³-hybridized carbons (Fsp3) is 0.294. The van der Waals surface area contributed by atoms with Crippen molar-refractivity contribution in [1.82, 2.24) is 0 Å². The zero-order valence-corrected chi connectivity index (χ0v) is 15.1. The maximum Gasteiger partial charge on any atom is 0.261 e. The number of benzene rings is 2. The van der Waals surface area contributed by atoms with E-state index >= 15 is 0 Å². The van der Waals surface area contributed by atoms with Gasteiger partial charge in [-0.15, -0.1) is 0 Å². The summed E-state index contributed by atoms with van der Waals surface area (Å²) in [5.74, 6) is 0.490. The van der Waals surface area contributed by atoms with Crippen molar-refractivity contribution in [2.24, 2.45) is 0 Å². The quantitative estimate of drug-likeness (QED) is 0.883. The summed E-state index contributed by atoms with van der Waals surface area (Å²) in [5.41, 5.74) is 1.43. The molecule has 0 radical (unpaired) electrons. The fourth-order valence-electron chi connectivity index (χ4n) is 2.08. The van der Waals surface area contributed by atoms with Crippen LogP contribution in [0.2, 0.25) is 5.02 Å². The molecule has 0 saturated carbocycles. The number of methoxy groups -OCH3 is 1. The van der Waals surface area contributed by atoms with E-state index in [0.29, 0.717) is 16.5 Å². The molecule has 0 aromatic heterocycles. The summed E-state index contributed by atoms with van der Waals surface area (Å²) < 4.78 is 32.5. The fourth-order valence-corrected chi connectivity index (χ4v) is 3.39. The highest BCUT2D eigenvalue weighted by Crippen LogP contribution is 2.29. The van der Waals surface area contributed by atoms with Crippen molar-refractivity contribution in [2.75, 3.05) is 11.8 Å². The van der Waals surface area contributed by atoms with E-state index in [-0.39, 0.29) is 10.3 Å². The molecule has 0 aliphatic carbocycles. The molecule has 23 heavy (non-hydrogen) atoms. The van der Waals surface area contributed by atoms with Gasteiger partial charge < -0.3 is 4.74 Å². The predicted molar refractivity (Wildman–Crippen MR) is 94.0 cm³/mol. The van der Waals surface area contributed by atoms with Gasteiger partial charge in [-0.3, -0.25) is 4.72 Å². The number of anilines is 1. The van der Waals surface area contributed by atoms with Gasteiger partial charge in [0.2, 0.25) is 0 Å². The van der Waals surface area contributed by atoms with Gasteiger partial charge in [-0.1, -0.05) is 44.5 Å². The van der Waals surface area contributed by atoms with Crippen LogP contribution in [0.25, 0.3) is 0 Å². The third-order valence-corrected chi connectivity index (χ3v) is 5.13. The highest BCUT2D eigenvalue weighted by Gasteiger charge is 2.18. The second-order valence-corrected chi connectivity index (χ2v) is 8.32. The molecule has 1 N–H and O–H groups in total. The van der Waals surface area contributed by atoms with Crippen LogP contribution in [0.3, 0.4) is 0 Å². The third kappa shape index (κ3) is 4.18. The van der Waals surface area contributed by atoms with Crippen LogP contribution in [0.15, 0.2) is 47.4 Å². The topological polar surface area (TPSA) is 55.4 Å². The Labute approximate surface area is 142 Å². The second-order valence-electron chi connectivity index (χ2n) is 6.23. The summed E-state index contributed by atoms with van der Waals surface area (Å²) in [6.07, 6.45) is 0. The van der Waals surface area contributed by atoms with Crippen LogP contribution in [-0.4, -0.2) is 15.5 Å². The lowest BCUT2D eigenvalue weighted by Crippen LogP contribution is -2.14. The molecule has 0 unspecified atom stereocenters. The molecule has 0 aliphatic rings. The van der Waals surface area contributed by atoms with E-state index in [4.69, 9.17) is 16.3 Å². The third-order valence-electron chi connectivity index (χ3n) is 3.43. The monoisotopic (exact) mass is 353 g/mol. The molecule has 0 bridgehead atoms. The van der Waals surface area contributed by atoms with Gasteiger partial charge in [-0.2, -0.15) is 0 Å². The molecule has 0 spiro atoms. The second kappa shape index (κ2) is 6.42. The van der Waals surface area contributed by atoms with E-state index in [0.717, 1.165) is 5.56 Å². The summed E-state index contributed by atoms with van der Waals surface area (Å²) >= 11 is 6.02. The highest BCUT2D eigenvalue weighted by molar-refractivity contribution is 7.92. The molecular weight excluding hydrogens is 334 g/mol. The molecule has 4 nitrogen and oxygen atoms in total. The van der Waals surface area contributed by atoms with Crippen molar-refractivity contribution in [3.8, 4) is 5.75 Å². The van der Waals surface area contributed by atoms with Crippen LogP contribution < -0.4 is 9.46 Å². The van der Waals surface area contributed by atoms with Crippen LogP contribution in [0, 0.1) is 0 Å². The van der Waals surface area contributed by atoms with Crippen molar-refractivity contribution in [1.29, 1.82) is 0 Å². The Bertz CT molecular complexity index is 794. The van der Waals surface area contributed by atoms with Crippen molar-refractivity contribution in [3.63, 3.8) is 0 Å². The minimum Gasteiger partial charge on any atom is -0.495 e. The number of nitrogens with one attached hydrogen (secondary N) is 1. The molecule has 124 valence electrons. The van der Waals surface area contributed by atoms with Gasteiger partial charge >= 0.3 is 0 Å². The molecule has 2 aromatic carbocycles. The average molecular weight is 354 g/mol. The van der Waals surface area contributed by atoms with Crippen molar-refractivity contribution in [2.45, 2.75) is 31.1 Å². The van der Waals surface area contributed by atoms with E-state index in [1.807, 2.05) is 12.1 Å². The van der Waals surface area contributed by atoms with Gasteiger partial charge in [0.15, 0.2) is 0 Å². The zero-order chi connectivity index (χ0) is 17.3. The lowest BCUT2D eigenvalue weighted by Gasteiger charge is -2.19. The largest absolute Gasteiger partial charge is 0.495 e. The number of ether oxygens (including phenoxy) is 1. The molecule has 0 amide bonds. The Balaban J connectivity index is 2.27. The smallest absolute Gasteiger partial charge is 0.261 e. The van der Waals surface area contributed by atoms with Crippen LogP contribution >= 0.6 is 11.6 Å².